The van der Waals surface area contributed by atoms with Crippen LogP contribution in [0.4, 0.5) is 5.69 Å². The van der Waals surface area contributed by atoms with E-state index in [4.69, 9.17) is 14.7 Å². The van der Waals surface area contributed by atoms with Crippen molar-refractivity contribution in [2.75, 3.05) is 0 Å². The van der Waals surface area contributed by atoms with Crippen LogP contribution in [-0.4, -0.2) is 20.9 Å². The highest BCUT2D eigenvalue weighted by Gasteiger charge is 2.22. The van der Waals surface area contributed by atoms with Crippen molar-refractivity contribution >= 4 is 44.5 Å². The van der Waals surface area contributed by atoms with Crippen LogP contribution in [0.25, 0.3) is 44.0 Å². The molecule has 5 rings (SSSR count). The fourth-order valence-electron chi connectivity index (χ4n) is 3.98. The van der Waals surface area contributed by atoms with E-state index in [1.54, 1.807) is 12.1 Å². The van der Waals surface area contributed by atoms with Crippen LogP contribution >= 0.6 is 0 Å². The largest absolute Gasteiger partial charge is 0.425 e. The highest BCUT2D eigenvalue weighted by atomic mass is 16.6. The molecule has 4 aromatic carbocycles. The summed E-state index contributed by atoms with van der Waals surface area (Å²) in [6.45, 7) is 1.91. The number of nitro benzene ring substituents is 1. The van der Waals surface area contributed by atoms with E-state index in [2.05, 4.69) is 0 Å². The first kappa shape index (κ1) is 20.5. The van der Waals surface area contributed by atoms with Crippen molar-refractivity contribution in [1.82, 2.24) is 9.97 Å². The van der Waals surface area contributed by atoms with E-state index in [0.717, 1.165) is 16.3 Å². The minimum Gasteiger partial charge on any atom is -0.425 e. The number of hydrogen-bond donors (Lipinski definition) is 0. The highest BCUT2D eigenvalue weighted by Crippen LogP contribution is 2.43. The maximum Gasteiger partial charge on any atom is 0.311 e. The number of fused-ring (bicyclic) bond motifs is 4. The van der Waals surface area contributed by atoms with Gasteiger partial charge < -0.3 is 4.74 Å². The zero-order valence-corrected chi connectivity index (χ0v) is 17.8. The molecule has 0 bridgehead atoms. The van der Waals surface area contributed by atoms with Gasteiger partial charge in [-0.2, -0.15) is 0 Å². The van der Waals surface area contributed by atoms with Gasteiger partial charge in [-0.05, 0) is 36.2 Å². The number of nitrogens with zero attached hydrogens (tertiary/aromatic N) is 3. The van der Waals surface area contributed by atoms with Crippen LogP contribution in [0.1, 0.15) is 19.8 Å². The molecular formula is C26H19N3O4. The number of hydrogen-bond acceptors (Lipinski definition) is 6. The Morgan fingerprint density at radius 3 is 2.12 bits per heavy atom. The second-order valence-electron chi connectivity index (χ2n) is 7.69. The quantitative estimate of drug-likeness (QED) is 0.0809. The van der Waals surface area contributed by atoms with Crippen LogP contribution < -0.4 is 4.74 Å². The first-order valence-corrected chi connectivity index (χ1v) is 10.6. The lowest BCUT2D eigenvalue weighted by Gasteiger charge is -2.17. The summed E-state index contributed by atoms with van der Waals surface area (Å²) >= 11 is 0. The molecule has 7 heteroatoms. The van der Waals surface area contributed by atoms with Gasteiger partial charge in [-0.15, -0.1) is 0 Å². The number of aromatic nitrogens is 2. The van der Waals surface area contributed by atoms with E-state index in [9.17, 15) is 14.9 Å². The van der Waals surface area contributed by atoms with E-state index in [1.165, 1.54) is 12.1 Å². The molecule has 0 radical (unpaired) electrons. The first-order chi connectivity index (χ1) is 16.1. The molecule has 0 aliphatic heterocycles. The molecule has 0 spiro atoms. The Labute approximate surface area is 188 Å². The van der Waals surface area contributed by atoms with Crippen molar-refractivity contribution in [3.05, 3.63) is 82.9 Å². The van der Waals surface area contributed by atoms with Crippen LogP contribution in [0, 0.1) is 10.1 Å². The second kappa shape index (κ2) is 8.27. The van der Waals surface area contributed by atoms with Crippen molar-refractivity contribution in [3.8, 4) is 16.9 Å². The molecule has 33 heavy (non-hydrogen) atoms. The van der Waals surface area contributed by atoms with Gasteiger partial charge in [-0.3, -0.25) is 14.9 Å². The lowest BCUT2D eigenvalue weighted by atomic mass is 9.96. The van der Waals surface area contributed by atoms with Crippen molar-refractivity contribution in [1.29, 1.82) is 0 Å². The molecule has 162 valence electrons. The minimum absolute atomic E-state index is 0.0232. The fraction of sp³-hybridized carbons (Fsp3) is 0.115. The minimum atomic E-state index is -0.447. The maximum absolute atomic E-state index is 12.6. The summed E-state index contributed by atoms with van der Waals surface area (Å²) in [5.41, 5.74) is 3.91. The van der Waals surface area contributed by atoms with Gasteiger partial charge in [0.2, 0.25) is 0 Å². The van der Waals surface area contributed by atoms with Gasteiger partial charge in [-0.25, -0.2) is 9.97 Å². The van der Waals surface area contributed by atoms with E-state index < -0.39 is 4.92 Å². The molecule has 0 N–H and O–H groups in total. The number of non-ortho nitro benzene ring substituents is 1. The van der Waals surface area contributed by atoms with Crippen LogP contribution in [0.15, 0.2) is 72.8 Å². The molecule has 7 nitrogen and oxygen atoms in total. The van der Waals surface area contributed by atoms with Gasteiger partial charge in [-0.1, -0.05) is 43.3 Å². The molecule has 0 saturated heterocycles. The topological polar surface area (TPSA) is 95.2 Å². The van der Waals surface area contributed by atoms with Crippen molar-refractivity contribution in [3.63, 3.8) is 0 Å². The molecule has 0 aliphatic carbocycles. The number of rotatable bonds is 5. The Morgan fingerprint density at radius 1 is 0.879 bits per heavy atom. The van der Waals surface area contributed by atoms with E-state index >= 15 is 0 Å². The number of nitro groups is 1. The summed E-state index contributed by atoms with van der Waals surface area (Å²) in [6.07, 6.45) is 0.928. The smallest absolute Gasteiger partial charge is 0.311 e. The third-order valence-electron chi connectivity index (χ3n) is 5.50. The third kappa shape index (κ3) is 3.63. The van der Waals surface area contributed by atoms with Crippen molar-refractivity contribution < 1.29 is 14.5 Å². The predicted molar refractivity (Wildman–Crippen MR) is 127 cm³/mol. The average molecular weight is 437 g/mol. The number of ether oxygens (including phenoxy) is 1. The molecule has 0 amide bonds. The van der Waals surface area contributed by atoms with Crippen LogP contribution in [0.3, 0.4) is 0 Å². The normalized spacial score (nSPS) is 11.2. The van der Waals surface area contributed by atoms with Gasteiger partial charge in [0.1, 0.15) is 11.3 Å². The van der Waals surface area contributed by atoms with Gasteiger partial charge in [0.15, 0.2) is 0 Å². The molecule has 1 heterocycles. The number of carbonyl (C=O) groups is 1. The summed E-state index contributed by atoms with van der Waals surface area (Å²) in [7, 11) is 0. The lowest BCUT2D eigenvalue weighted by Crippen LogP contribution is -2.09. The van der Waals surface area contributed by atoms with E-state index in [-0.39, 0.29) is 18.1 Å². The average Bonchev–Trinajstić information content (AvgIpc) is 2.83. The summed E-state index contributed by atoms with van der Waals surface area (Å²) < 4.78 is 5.91. The Hall–Kier alpha value is -4.39. The van der Waals surface area contributed by atoms with Gasteiger partial charge in [0.25, 0.3) is 5.69 Å². The zero-order valence-electron chi connectivity index (χ0n) is 17.8. The zero-order chi connectivity index (χ0) is 22.9. The number of esters is 1. The van der Waals surface area contributed by atoms with Gasteiger partial charge in [0, 0.05) is 29.3 Å². The number of carbonyl (C=O) groups excluding carboxylic acids is 1. The molecule has 0 unspecified atom stereocenters. The van der Waals surface area contributed by atoms with Crippen LogP contribution in [-0.2, 0) is 4.79 Å². The Morgan fingerprint density at radius 2 is 1.48 bits per heavy atom. The molecule has 1 aromatic heterocycles. The summed E-state index contributed by atoms with van der Waals surface area (Å²) in [4.78, 5) is 33.1. The number of benzene rings is 4. The lowest BCUT2D eigenvalue weighted by molar-refractivity contribution is -0.384. The molecule has 0 atom stereocenters. The van der Waals surface area contributed by atoms with E-state index in [0.29, 0.717) is 39.8 Å². The summed E-state index contributed by atoms with van der Waals surface area (Å²) in [5, 5.41) is 12.7. The van der Waals surface area contributed by atoms with Crippen LogP contribution in [0.2, 0.25) is 0 Å². The third-order valence-corrected chi connectivity index (χ3v) is 5.50. The van der Waals surface area contributed by atoms with Gasteiger partial charge in [0.05, 0.1) is 27.0 Å². The standard InChI is InChI=1S/C26H19N3O4/c1-2-7-22(30)33-26-19-9-4-3-8-18(19)24-25(28-21-11-6-5-10-20(21)27-24)23(26)16-12-14-17(15-13-16)29(31)32/h3-6,8-15H,2,7H2,1H3. The molecule has 0 fully saturated rings. The number of para-hydroxylation sites is 2. The Balaban J connectivity index is 1.91. The Kier molecular flexibility index (Phi) is 5.14. The monoisotopic (exact) mass is 437 g/mol. The molecular weight excluding hydrogens is 418 g/mol. The van der Waals surface area contributed by atoms with Crippen molar-refractivity contribution in [2.45, 2.75) is 19.8 Å². The van der Waals surface area contributed by atoms with Crippen LogP contribution in [0.5, 0.6) is 5.75 Å². The Bertz CT molecular complexity index is 1550. The summed E-state index contributed by atoms with van der Waals surface area (Å²) in [6, 6.07) is 21.3. The first-order valence-electron chi connectivity index (χ1n) is 10.6. The SMILES string of the molecule is CCCC(=O)Oc1c(-c2ccc([N+](=O)[O-])cc2)c2nc3ccccc3nc2c2ccccc12. The maximum atomic E-state index is 12.6. The van der Waals surface area contributed by atoms with E-state index in [1.807, 2.05) is 55.5 Å². The van der Waals surface area contributed by atoms with Gasteiger partial charge >= 0.3 is 5.97 Å². The summed E-state index contributed by atoms with van der Waals surface area (Å²) in [5.74, 6) is 0.0360. The highest BCUT2D eigenvalue weighted by molar-refractivity contribution is 6.16. The molecule has 5 aromatic rings. The van der Waals surface area contributed by atoms with Crippen molar-refractivity contribution in [2.24, 2.45) is 0 Å². The predicted octanol–water partition coefficient (Wildman–Crippen LogP) is 6.22. The molecule has 0 aliphatic rings. The molecule has 0 saturated carbocycles. The second-order valence-corrected chi connectivity index (χ2v) is 7.69. The fourth-order valence-corrected chi connectivity index (χ4v) is 3.98.